The van der Waals surface area contributed by atoms with Gasteiger partial charge < -0.3 is 9.47 Å². The van der Waals surface area contributed by atoms with Gasteiger partial charge in [-0.2, -0.15) is 0 Å². The predicted molar refractivity (Wildman–Crippen MR) is 133 cm³/mol. The van der Waals surface area contributed by atoms with Crippen molar-refractivity contribution in [2.24, 2.45) is 0 Å². The van der Waals surface area contributed by atoms with Crippen LogP contribution in [0.15, 0.2) is 83.8 Å². The Kier molecular flexibility index (Phi) is 9.21. The molecule has 1 N–H and O–H groups in total. The highest BCUT2D eigenvalue weighted by Crippen LogP contribution is 2.24. The Bertz CT molecular complexity index is 1110. The van der Waals surface area contributed by atoms with Crippen molar-refractivity contribution in [3.05, 3.63) is 90.0 Å². The van der Waals surface area contributed by atoms with Gasteiger partial charge in [0.15, 0.2) is 0 Å². The summed E-state index contributed by atoms with van der Waals surface area (Å²) in [4.78, 5) is 0.235. The van der Waals surface area contributed by atoms with Crippen LogP contribution in [-0.2, 0) is 32.3 Å². The summed E-state index contributed by atoms with van der Waals surface area (Å²) in [6.07, 6.45) is 1.48. The fourth-order valence-corrected chi connectivity index (χ4v) is 4.78. The van der Waals surface area contributed by atoms with E-state index < -0.39 is 16.1 Å². The van der Waals surface area contributed by atoms with Gasteiger partial charge >= 0.3 is 0 Å². The van der Waals surface area contributed by atoms with E-state index in [1.54, 1.807) is 18.2 Å². The third-order valence-electron chi connectivity index (χ3n) is 5.26. The molecular weight excluding hydrogens is 434 g/mol. The van der Waals surface area contributed by atoms with Gasteiger partial charge in [-0.25, -0.2) is 13.1 Å². The van der Waals surface area contributed by atoms with Gasteiger partial charge in [-0.3, -0.25) is 0 Å². The molecule has 0 aliphatic carbocycles. The highest BCUT2D eigenvalue weighted by atomic mass is 32.2. The van der Waals surface area contributed by atoms with Gasteiger partial charge in [0.05, 0.1) is 17.6 Å². The van der Waals surface area contributed by atoms with Gasteiger partial charge in [0.25, 0.3) is 0 Å². The Morgan fingerprint density at radius 2 is 1.52 bits per heavy atom. The fraction of sp³-hybridized carbons (Fsp3) is 0.333. The number of sulfonamides is 1. The molecule has 1 atom stereocenters. The highest BCUT2D eigenvalue weighted by Gasteiger charge is 2.21. The van der Waals surface area contributed by atoms with Gasteiger partial charge in [-0.15, -0.1) is 0 Å². The van der Waals surface area contributed by atoms with Crippen LogP contribution in [0.2, 0.25) is 0 Å². The maximum Gasteiger partial charge on any atom is 0.240 e. The quantitative estimate of drug-likeness (QED) is 0.294. The van der Waals surface area contributed by atoms with Crippen molar-refractivity contribution in [1.82, 2.24) is 4.72 Å². The Hall–Kier alpha value is -2.51. The SMILES string of the molecule is CCc1cccc(-c2cccc(S(=O)(=O)NC(COCOC(C)C)Cc3ccccc3)c2)c1. The smallest absolute Gasteiger partial charge is 0.240 e. The van der Waals surface area contributed by atoms with E-state index in [1.807, 2.05) is 62.4 Å². The van der Waals surface area contributed by atoms with E-state index in [0.29, 0.717) is 6.42 Å². The van der Waals surface area contributed by atoms with Crippen LogP contribution >= 0.6 is 0 Å². The molecule has 6 heteroatoms. The summed E-state index contributed by atoms with van der Waals surface area (Å²) in [5.41, 5.74) is 4.11. The Morgan fingerprint density at radius 1 is 0.848 bits per heavy atom. The van der Waals surface area contributed by atoms with Crippen LogP contribution in [0.3, 0.4) is 0 Å². The van der Waals surface area contributed by atoms with Crippen LogP contribution in [0.4, 0.5) is 0 Å². The van der Waals surface area contributed by atoms with Crippen molar-refractivity contribution >= 4 is 10.0 Å². The molecule has 0 aromatic heterocycles. The van der Waals surface area contributed by atoms with Crippen molar-refractivity contribution in [1.29, 1.82) is 0 Å². The third kappa shape index (κ3) is 7.79. The highest BCUT2D eigenvalue weighted by molar-refractivity contribution is 7.89. The maximum atomic E-state index is 13.3. The molecule has 0 amide bonds. The molecule has 0 fully saturated rings. The molecular formula is C27H33NO4S. The standard InChI is InChI=1S/C27H33NO4S/c1-4-22-12-8-13-24(16-22)25-14-9-15-27(18-25)33(29,30)28-26(19-31-20-32-21(2)3)17-23-10-6-5-7-11-23/h5-16,18,21,26,28H,4,17,19-20H2,1-3H3. The minimum Gasteiger partial charge on any atom is -0.354 e. The third-order valence-corrected chi connectivity index (χ3v) is 6.78. The topological polar surface area (TPSA) is 64.6 Å². The van der Waals surface area contributed by atoms with Gasteiger partial charge in [-0.1, -0.05) is 73.7 Å². The van der Waals surface area contributed by atoms with E-state index in [2.05, 4.69) is 23.8 Å². The molecule has 0 spiro atoms. The molecule has 3 aromatic carbocycles. The first kappa shape index (κ1) is 25.1. The lowest BCUT2D eigenvalue weighted by Gasteiger charge is -2.20. The lowest BCUT2D eigenvalue weighted by molar-refractivity contribution is -0.0821. The number of nitrogens with one attached hydrogen (secondary N) is 1. The van der Waals surface area contributed by atoms with E-state index in [0.717, 1.165) is 23.1 Å². The van der Waals surface area contributed by atoms with Gasteiger partial charge in [0.1, 0.15) is 6.79 Å². The van der Waals surface area contributed by atoms with Gasteiger partial charge in [0.2, 0.25) is 10.0 Å². The summed E-state index contributed by atoms with van der Waals surface area (Å²) in [6.45, 7) is 6.28. The molecule has 33 heavy (non-hydrogen) atoms. The van der Waals surface area contributed by atoms with E-state index in [1.165, 1.54) is 5.56 Å². The first-order chi connectivity index (χ1) is 15.9. The molecule has 1 unspecified atom stereocenters. The van der Waals surface area contributed by atoms with Crippen molar-refractivity contribution in [3.63, 3.8) is 0 Å². The average molecular weight is 468 g/mol. The summed E-state index contributed by atoms with van der Waals surface area (Å²) >= 11 is 0. The summed E-state index contributed by atoms with van der Waals surface area (Å²) < 4.78 is 40.5. The number of rotatable bonds is 12. The number of benzene rings is 3. The predicted octanol–water partition coefficient (Wildman–Crippen LogP) is 5.20. The summed E-state index contributed by atoms with van der Waals surface area (Å²) in [5, 5.41) is 0. The molecule has 0 aliphatic heterocycles. The molecule has 0 bridgehead atoms. The van der Waals surface area contributed by atoms with Crippen LogP contribution < -0.4 is 4.72 Å². The van der Waals surface area contributed by atoms with E-state index in [-0.39, 0.29) is 24.4 Å². The van der Waals surface area contributed by atoms with E-state index in [9.17, 15) is 8.42 Å². The van der Waals surface area contributed by atoms with Crippen molar-refractivity contribution in [2.75, 3.05) is 13.4 Å². The number of hydrogen-bond acceptors (Lipinski definition) is 4. The first-order valence-electron chi connectivity index (χ1n) is 11.3. The van der Waals surface area contributed by atoms with Gasteiger partial charge in [0, 0.05) is 6.04 Å². The molecule has 0 heterocycles. The van der Waals surface area contributed by atoms with Gasteiger partial charge in [-0.05, 0) is 61.1 Å². The maximum absolute atomic E-state index is 13.3. The minimum absolute atomic E-state index is 0.0446. The second-order valence-electron chi connectivity index (χ2n) is 8.29. The molecule has 0 saturated carbocycles. The summed E-state index contributed by atoms with van der Waals surface area (Å²) in [5.74, 6) is 0. The largest absolute Gasteiger partial charge is 0.354 e. The van der Waals surface area contributed by atoms with Crippen LogP contribution in [-0.4, -0.2) is 34.0 Å². The number of hydrogen-bond donors (Lipinski definition) is 1. The molecule has 3 aromatic rings. The molecule has 0 radical (unpaired) electrons. The van der Waals surface area contributed by atoms with Crippen LogP contribution in [0.5, 0.6) is 0 Å². The lowest BCUT2D eigenvalue weighted by atomic mass is 10.0. The Morgan fingerprint density at radius 3 is 2.21 bits per heavy atom. The molecule has 0 aliphatic rings. The van der Waals surface area contributed by atoms with E-state index in [4.69, 9.17) is 9.47 Å². The summed E-state index contributed by atoms with van der Waals surface area (Å²) in [7, 11) is -3.75. The van der Waals surface area contributed by atoms with Crippen molar-refractivity contribution < 1.29 is 17.9 Å². The normalized spacial score (nSPS) is 12.7. The molecule has 5 nitrogen and oxygen atoms in total. The molecule has 176 valence electrons. The monoisotopic (exact) mass is 467 g/mol. The average Bonchev–Trinajstić information content (AvgIpc) is 2.82. The van der Waals surface area contributed by atoms with E-state index >= 15 is 0 Å². The lowest BCUT2D eigenvalue weighted by Crippen LogP contribution is -2.40. The zero-order valence-corrected chi connectivity index (χ0v) is 20.3. The second kappa shape index (κ2) is 12.1. The Labute approximate surface area is 197 Å². The minimum atomic E-state index is -3.75. The van der Waals surface area contributed by atoms with Crippen molar-refractivity contribution in [3.8, 4) is 11.1 Å². The molecule has 0 saturated heterocycles. The number of aryl methyl sites for hydroxylation is 1. The number of ether oxygens (including phenoxy) is 2. The van der Waals surface area contributed by atoms with Crippen molar-refractivity contribution in [2.45, 2.75) is 50.7 Å². The van der Waals surface area contributed by atoms with Crippen LogP contribution in [0.1, 0.15) is 31.9 Å². The fourth-order valence-electron chi connectivity index (χ4n) is 3.51. The zero-order chi connectivity index (χ0) is 23.7. The van der Waals surface area contributed by atoms with Crippen LogP contribution in [0, 0.1) is 0 Å². The second-order valence-corrected chi connectivity index (χ2v) is 10.0. The Balaban J connectivity index is 1.79. The molecule has 3 rings (SSSR count). The first-order valence-corrected chi connectivity index (χ1v) is 12.8. The van der Waals surface area contributed by atoms with Crippen LogP contribution in [0.25, 0.3) is 11.1 Å². The zero-order valence-electron chi connectivity index (χ0n) is 19.5. The summed E-state index contributed by atoms with van der Waals surface area (Å²) in [6, 6.07) is 24.6.